The minimum absolute atomic E-state index is 0.331. The highest BCUT2D eigenvalue weighted by Gasteiger charge is 2.12. The minimum atomic E-state index is -0.622. The van der Waals surface area contributed by atoms with Crippen molar-refractivity contribution in [3.05, 3.63) is 76.3 Å². The molecule has 5 nitrogen and oxygen atoms in total. The summed E-state index contributed by atoms with van der Waals surface area (Å²) in [5.41, 5.74) is 0.981. The topological polar surface area (TPSA) is 75.7 Å². The summed E-state index contributed by atoms with van der Waals surface area (Å²) in [6.45, 7) is 0. The quantitative estimate of drug-likeness (QED) is 0.446. The molecule has 0 fully saturated rings. The molecule has 0 aliphatic heterocycles. The fourth-order valence-electron chi connectivity index (χ4n) is 2.17. The van der Waals surface area contributed by atoms with Gasteiger partial charge in [0.2, 0.25) is 0 Å². The summed E-state index contributed by atoms with van der Waals surface area (Å²) in [5, 5.41) is 22.4. The zero-order chi connectivity index (χ0) is 15.5. The van der Waals surface area contributed by atoms with Crippen LogP contribution in [0.2, 0.25) is 0 Å². The van der Waals surface area contributed by atoms with E-state index in [1.165, 1.54) is 18.3 Å². The van der Waals surface area contributed by atoms with E-state index in [0.717, 1.165) is 16.5 Å². The molecule has 0 aliphatic carbocycles. The second kappa shape index (κ2) is 5.65. The number of fused-ring (bicyclic) bond motifs is 1. The second-order valence-corrected chi connectivity index (χ2v) is 4.79. The lowest BCUT2D eigenvalue weighted by Gasteiger charge is -2.00. The third kappa shape index (κ3) is 2.78. The summed E-state index contributed by atoms with van der Waals surface area (Å²) in [6.07, 6.45) is 1.54. The molecule has 3 aromatic carbocycles. The third-order valence-electron chi connectivity index (χ3n) is 3.29. The van der Waals surface area contributed by atoms with Crippen LogP contribution in [0, 0.1) is 10.1 Å². The molecule has 22 heavy (non-hydrogen) atoms. The Balaban J connectivity index is 1.92. The minimum Gasteiger partial charge on any atom is -0.502 e. The number of aromatic hydroxyl groups is 1. The second-order valence-electron chi connectivity index (χ2n) is 4.79. The molecule has 0 radical (unpaired) electrons. The van der Waals surface area contributed by atoms with Crippen molar-refractivity contribution in [1.82, 2.24) is 0 Å². The Labute approximate surface area is 126 Å². The average molecular weight is 292 g/mol. The molecule has 0 atom stereocenters. The first-order valence-corrected chi connectivity index (χ1v) is 6.64. The number of phenolic OH excluding ortho intramolecular Hbond substituents is 1. The smallest absolute Gasteiger partial charge is 0.311 e. The van der Waals surface area contributed by atoms with Crippen molar-refractivity contribution in [2.75, 3.05) is 0 Å². The Hall–Kier alpha value is -3.21. The van der Waals surface area contributed by atoms with Gasteiger partial charge in [-0.3, -0.25) is 15.1 Å². The van der Waals surface area contributed by atoms with Crippen LogP contribution < -0.4 is 0 Å². The van der Waals surface area contributed by atoms with E-state index in [1.807, 2.05) is 42.5 Å². The number of nitrogens with zero attached hydrogens (tertiary/aromatic N) is 2. The molecule has 0 bridgehead atoms. The number of hydrogen-bond donors (Lipinski definition) is 1. The highest BCUT2D eigenvalue weighted by atomic mass is 16.6. The number of phenols is 1. The summed E-state index contributed by atoms with van der Waals surface area (Å²) >= 11 is 0. The Morgan fingerprint density at radius 3 is 2.55 bits per heavy atom. The number of nitro benzene ring substituents is 1. The molecule has 0 unspecified atom stereocenters. The van der Waals surface area contributed by atoms with Gasteiger partial charge in [0.05, 0.1) is 10.6 Å². The van der Waals surface area contributed by atoms with E-state index in [0.29, 0.717) is 5.56 Å². The summed E-state index contributed by atoms with van der Waals surface area (Å²) in [5.74, 6) is -0.354. The maximum absolute atomic E-state index is 10.8. The maximum Gasteiger partial charge on any atom is 0.311 e. The van der Waals surface area contributed by atoms with E-state index < -0.39 is 4.92 Å². The largest absolute Gasteiger partial charge is 0.502 e. The molecule has 0 saturated heterocycles. The van der Waals surface area contributed by atoms with Crippen LogP contribution in [0.3, 0.4) is 0 Å². The molecule has 3 rings (SSSR count). The predicted octanol–water partition coefficient (Wildman–Crippen LogP) is 4.20. The first kappa shape index (κ1) is 13.8. The van der Waals surface area contributed by atoms with Crippen molar-refractivity contribution in [3.8, 4) is 5.75 Å². The molecule has 108 valence electrons. The summed E-state index contributed by atoms with van der Waals surface area (Å²) in [4.78, 5) is 14.5. The van der Waals surface area contributed by atoms with Crippen LogP contribution in [0.5, 0.6) is 5.75 Å². The molecule has 0 heterocycles. The van der Waals surface area contributed by atoms with Crippen LogP contribution in [0.4, 0.5) is 11.4 Å². The normalized spacial score (nSPS) is 11.1. The van der Waals surface area contributed by atoms with Crippen molar-refractivity contribution < 1.29 is 10.0 Å². The van der Waals surface area contributed by atoms with Crippen LogP contribution in [-0.4, -0.2) is 16.2 Å². The number of nitro groups is 1. The number of hydrogen-bond acceptors (Lipinski definition) is 4. The van der Waals surface area contributed by atoms with Crippen LogP contribution in [0.1, 0.15) is 5.56 Å². The standard InChI is InChI=1S/C17H12N2O3/c20-17-8-5-12(9-16(17)19(21)22)11-18-15-7-6-13-3-1-2-4-14(13)10-15/h1-11,20H. The van der Waals surface area contributed by atoms with Gasteiger partial charge in [0.25, 0.3) is 0 Å². The van der Waals surface area contributed by atoms with E-state index >= 15 is 0 Å². The van der Waals surface area contributed by atoms with Gasteiger partial charge in [-0.05, 0) is 40.6 Å². The van der Waals surface area contributed by atoms with Crippen LogP contribution in [-0.2, 0) is 0 Å². The van der Waals surface area contributed by atoms with Crippen molar-refractivity contribution in [3.63, 3.8) is 0 Å². The Morgan fingerprint density at radius 2 is 1.77 bits per heavy atom. The van der Waals surface area contributed by atoms with Gasteiger partial charge in [-0.1, -0.05) is 30.3 Å². The van der Waals surface area contributed by atoms with Crippen LogP contribution >= 0.6 is 0 Å². The van der Waals surface area contributed by atoms with Gasteiger partial charge in [0, 0.05) is 12.3 Å². The SMILES string of the molecule is O=[N+]([O-])c1cc(C=Nc2ccc3ccccc3c2)ccc1O. The van der Waals surface area contributed by atoms with Crippen LogP contribution in [0.25, 0.3) is 10.8 Å². The zero-order valence-electron chi connectivity index (χ0n) is 11.5. The molecular weight excluding hydrogens is 280 g/mol. The molecule has 0 spiro atoms. The van der Waals surface area contributed by atoms with E-state index in [2.05, 4.69) is 4.99 Å². The number of rotatable bonds is 3. The monoisotopic (exact) mass is 292 g/mol. The first-order valence-electron chi connectivity index (χ1n) is 6.64. The van der Waals surface area contributed by atoms with E-state index in [-0.39, 0.29) is 11.4 Å². The van der Waals surface area contributed by atoms with Crippen molar-refractivity contribution in [2.24, 2.45) is 4.99 Å². The molecule has 0 aromatic heterocycles. The molecular formula is C17H12N2O3. The lowest BCUT2D eigenvalue weighted by Crippen LogP contribution is -1.90. The Morgan fingerprint density at radius 1 is 1.00 bits per heavy atom. The van der Waals surface area contributed by atoms with Gasteiger partial charge in [-0.2, -0.15) is 0 Å². The predicted molar refractivity (Wildman–Crippen MR) is 86.0 cm³/mol. The zero-order valence-corrected chi connectivity index (χ0v) is 11.5. The van der Waals surface area contributed by atoms with E-state index in [1.54, 1.807) is 6.07 Å². The molecule has 5 heteroatoms. The molecule has 1 N–H and O–H groups in total. The van der Waals surface area contributed by atoms with E-state index in [4.69, 9.17) is 0 Å². The number of benzene rings is 3. The molecule has 0 saturated carbocycles. The highest BCUT2D eigenvalue weighted by Crippen LogP contribution is 2.26. The first-order chi connectivity index (χ1) is 10.6. The lowest BCUT2D eigenvalue weighted by atomic mass is 10.1. The summed E-state index contributed by atoms with van der Waals surface area (Å²) in [6, 6.07) is 17.9. The van der Waals surface area contributed by atoms with Gasteiger partial charge in [0.1, 0.15) is 0 Å². The summed E-state index contributed by atoms with van der Waals surface area (Å²) in [7, 11) is 0. The molecule has 3 aromatic rings. The summed E-state index contributed by atoms with van der Waals surface area (Å²) < 4.78 is 0. The van der Waals surface area contributed by atoms with E-state index in [9.17, 15) is 15.2 Å². The van der Waals surface area contributed by atoms with Gasteiger partial charge >= 0.3 is 5.69 Å². The molecule has 0 aliphatic rings. The van der Waals surface area contributed by atoms with Gasteiger partial charge in [0.15, 0.2) is 5.75 Å². The van der Waals surface area contributed by atoms with Gasteiger partial charge < -0.3 is 5.11 Å². The van der Waals surface area contributed by atoms with Crippen LogP contribution in [0.15, 0.2) is 65.7 Å². The van der Waals surface area contributed by atoms with Gasteiger partial charge in [-0.15, -0.1) is 0 Å². The van der Waals surface area contributed by atoms with Gasteiger partial charge in [-0.25, -0.2) is 0 Å². The van der Waals surface area contributed by atoms with Crippen molar-refractivity contribution >= 4 is 28.4 Å². The Kier molecular flexibility index (Phi) is 3.53. The third-order valence-corrected chi connectivity index (χ3v) is 3.29. The fourth-order valence-corrected chi connectivity index (χ4v) is 2.17. The number of aliphatic imine (C=N–C) groups is 1. The van der Waals surface area contributed by atoms with Crippen molar-refractivity contribution in [1.29, 1.82) is 0 Å². The van der Waals surface area contributed by atoms with Crippen molar-refractivity contribution in [2.45, 2.75) is 0 Å². The lowest BCUT2D eigenvalue weighted by molar-refractivity contribution is -0.385. The maximum atomic E-state index is 10.8. The molecule has 0 amide bonds. The highest BCUT2D eigenvalue weighted by molar-refractivity contribution is 5.88. The Bertz CT molecular complexity index is 888. The average Bonchev–Trinajstić information content (AvgIpc) is 2.53. The fraction of sp³-hybridized carbons (Fsp3) is 0.